The Hall–Kier alpha value is -2.31. The lowest BCUT2D eigenvalue weighted by Crippen LogP contribution is -2.41. The van der Waals surface area contributed by atoms with E-state index in [1.807, 2.05) is 4.98 Å². The molecule has 35 heavy (non-hydrogen) atoms. The monoisotopic (exact) mass is 578 g/mol. The smallest absolute Gasteiger partial charge is 0.393 e. The van der Waals surface area contributed by atoms with E-state index in [-0.39, 0.29) is 5.75 Å². The number of alkyl halides is 2. The second-order valence-corrected chi connectivity index (χ2v) is 11.6. The zero-order chi connectivity index (χ0) is 26.0. The fourth-order valence-corrected chi connectivity index (χ4v) is 5.35. The summed E-state index contributed by atoms with van der Waals surface area (Å²) >= 11 is 2.73. The van der Waals surface area contributed by atoms with Crippen molar-refractivity contribution in [2.45, 2.75) is 55.5 Å². The third-order valence-electron chi connectivity index (χ3n) is 5.05. The Kier molecular flexibility index (Phi) is 8.38. The first-order valence-corrected chi connectivity index (χ1v) is 13.0. The average molecular weight is 579 g/mol. The van der Waals surface area contributed by atoms with Gasteiger partial charge in [-0.05, 0) is 48.8 Å². The van der Waals surface area contributed by atoms with Crippen LogP contribution in [-0.2, 0) is 23.4 Å². The summed E-state index contributed by atoms with van der Waals surface area (Å²) in [4.78, 5) is 37.9. The second-order valence-electron chi connectivity index (χ2n) is 8.07. The Morgan fingerprint density at radius 2 is 1.94 bits per heavy atom. The molecule has 1 aromatic carbocycles. The van der Waals surface area contributed by atoms with Gasteiger partial charge in [0, 0.05) is 12.3 Å². The number of nitrogens with zero attached hydrogens (tertiary/aromatic N) is 1. The first-order valence-electron chi connectivity index (χ1n) is 10.6. The number of hydrogen-bond acceptors (Lipinski definition) is 9. The van der Waals surface area contributed by atoms with Gasteiger partial charge >= 0.3 is 19.3 Å². The van der Waals surface area contributed by atoms with E-state index in [0.29, 0.717) is 0 Å². The first kappa shape index (κ1) is 27.3. The molecule has 11 nitrogen and oxygen atoms in total. The quantitative estimate of drug-likeness (QED) is 0.260. The normalized spacial score (nSPS) is 26.8. The number of H-pyrrole nitrogens is 1. The summed E-state index contributed by atoms with van der Waals surface area (Å²) in [7, 11) is -4.29. The number of aliphatic hydroxyl groups is 1. The molecule has 1 saturated heterocycles. The summed E-state index contributed by atoms with van der Waals surface area (Å²) in [5.41, 5.74) is -3.05. The summed E-state index contributed by atoms with van der Waals surface area (Å²) in [6, 6.07) is 8.93. The molecule has 0 saturated carbocycles. The molecule has 1 aromatic heterocycles. The van der Waals surface area contributed by atoms with Crippen LogP contribution in [0.5, 0.6) is 5.75 Å². The minimum absolute atomic E-state index is 0.144. The minimum Gasteiger partial charge on any atom is -0.462 e. The van der Waals surface area contributed by atoms with Crippen molar-refractivity contribution in [1.82, 2.24) is 9.55 Å². The van der Waals surface area contributed by atoms with Gasteiger partial charge in [-0.3, -0.25) is 23.7 Å². The molecular formula is C21H25BrFN2O9P. The van der Waals surface area contributed by atoms with Gasteiger partial charge in [-0.25, -0.2) is 13.8 Å². The van der Waals surface area contributed by atoms with Crippen molar-refractivity contribution < 1.29 is 37.4 Å². The lowest BCUT2D eigenvalue weighted by Gasteiger charge is -2.26. The molecule has 1 fully saturated rings. The van der Waals surface area contributed by atoms with Crippen LogP contribution >= 0.6 is 23.5 Å². The Morgan fingerprint density at radius 1 is 1.29 bits per heavy atom. The maximum Gasteiger partial charge on any atom is 0.393 e. The highest BCUT2D eigenvalue weighted by Crippen LogP contribution is 2.54. The van der Waals surface area contributed by atoms with E-state index < -0.39 is 66.2 Å². The van der Waals surface area contributed by atoms with E-state index in [4.69, 9.17) is 18.5 Å². The van der Waals surface area contributed by atoms with E-state index in [1.165, 1.54) is 19.1 Å². The lowest BCUT2D eigenvalue weighted by atomic mass is 10.1. The van der Waals surface area contributed by atoms with Gasteiger partial charge < -0.3 is 19.1 Å². The van der Waals surface area contributed by atoms with Gasteiger partial charge in [0.05, 0.1) is 12.7 Å². The van der Waals surface area contributed by atoms with Crippen LogP contribution in [0.1, 0.15) is 27.0 Å². The number of aromatic amines is 1. The maximum absolute atomic E-state index is 15.3. The van der Waals surface area contributed by atoms with Gasteiger partial charge in [0.1, 0.15) is 18.0 Å². The third kappa shape index (κ3) is 6.10. The van der Waals surface area contributed by atoms with Crippen molar-refractivity contribution in [3.05, 3.63) is 63.4 Å². The molecule has 2 heterocycles. The van der Waals surface area contributed by atoms with Crippen molar-refractivity contribution in [3.63, 3.8) is 0 Å². The number of rotatable bonds is 9. The number of carbonyl (C=O) groups excluding carboxylic acids is 1. The molecule has 2 unspecified atom stereocenters. The fourth-order valence-electron chi connectivity index (χ4n) is 3.20. The molecule has 1 aliphatic heterocycles. The zero-order valence-corrected chi connectivity index (χ0v) is 21.5. The van der Waals surface area contributed by atoms with E-state index in [0.717, 1.165) is 16.8 Å². The Bertz CT molecular complexity index is 1200. The van der Waals surface area contributed by atoms with Crippen LogP contribution in [-0.4, -0.2) is 55.8 Å². The van der Waals surface area contributed by atoms with Crippen molar-refractivity contribution in [2.24, 2.45) is 0 Å². The second kappa shape index (κ2) is 10.8. The van der Waals surface area contributed by atoms with Gasteiger partial charge in [-0.1, -0.05) is 18.2 Å². The summed E-state index contributed by atoms with van der Waals surface area (Å²) < 4.78 is 48.8. The molecule has 1 aliphatic rings. The van der Waals surface area contributed by atoms with Crippen molar-refractivity contribution in [1.29, 1.82) is 0 Å². The number of aliphatic hydroxyl groups excluding tert-OH is 1. The standard InChI is InChI=1S/C21H25BrFN2O9P/c1-12(2)32-18(28)13(3)35(30,34-14-7-5-4-6-8-14)31-11-15-17(27)21(22,23)19(33-15)25-10-9-16(26)24-20(25)29/h4-10,12-13,15,17,19,27H,11H2,1-3H3,(H,24,26,29)/t13?,15-,17-,19-,21-,35?/m1/s1. The highest BCUT2D eigenvalue weighted by atomic mass is 79.9. The number of para-hydroxylation sites is 1. The van der Waals surface area contributed by atoms with Gasteiger partial charge in [0.25, 0.3) is 5.56 Å². The van der Waals surface area contributed by atoms with Gasteiger partial charge in [0.15, 0.2) is 11.9 Å². The summed E-state index contributed by atoms with van der Waals surface area (Å²) in [5, 5.41) is 10.5. The van der Waals surface area contributed by atoms with E-state index in [1.54, 1.807) is 32.0 Å². The lowest BCUT2D eigenvalue weighted by molar-refractivity contribution is -0.146. The molecule has 0 radical (unpaired) electrons. The topological polar surface area (TPSA) is 146 Å². The number of esters is 1. The highest BCUT2D eigenvalue weighted by Gasteiger charge is 2.58. The average Bonchev–Trinajstić information content (AvgIpc) is 3.01. The molecule has 2 aromatic rings. The molecule has 0 spiro atoms. The predicted octanol–water partition coefficient (Wildman–Crippen LogP) is 2.48. The molecule has 192 valence electrons. The highest BCUT2D eigenvalue weighted by molar-refractivity contribution is 9.10. The summed E-state index contributed by atoms with van der Waals surface area (Å²) in [6.07, 6.45) is -4.52. The molecule has 0 amide bonds. The Labute approximate surface area is 207 Å². The molecular weight excluding hydrogens is 554 g/mol. The van der Waals surface area contributed by atoms with Crippen LogP contribution in [0.2, 0.25) is 0 Å². The van der Waals surface area contributed by atoms with Crippen LogP contribution in [0, 0.1) is 0 Å². The van der Waals surface area contributed by atoms with Gasteiger partial charge in [0.2, 0.25) is 4.58 Å². The van der Waals surface area contributed by atoms with Crippen LogP contribution in [0.4, 0.5) is 4.39 Å². The Balaban J connectivity index is 1.84. The minimum atomic E-state index is -4.29. The van der Waals surface area contributed by atoms with Crippen LogP contribution in [0.15, 0.2) is 52.2 Å². The van der Waals surface area contributed by atoms with Crippen LogP contribution in [0.3, 0.4) is 0 Å². The summed E-state index contributed by atoms with van der Waals surface area (Å²) in [5.74, 6) is -0.698. The van der Waals surface area contributed by atoms with Crippen molar-refractivity contribution >= 4 is 29.5 Å². The number of aromatic nitrogens is 2. The number of carbonyl (C=O) groups is 1. The number of hydrogen-bond donors (Lipinski definition) is 2. The molecule has 0 bridgehead atoms. The zero-order valence-electron chi connectivity index (χ0n) is 19.0. The van der Waals surface area contributed by atoms with Gasteiger partial charge in [-0.15, -0.1) is 0 Å². The maximum atomic E-state index is 15.3. The Morgan fingerprint density at radius 3 is 2.54 bits per heavy atom. The fraction of sp³-hybridized carbons (Fsp3) is 0.476. The van der Waals surface area contributed by atoms with Crippen LogP contribution in [0.25, 0.3) is 0 Å². The number of benzene rings is 1. The van der Waals surface area contributed by atoms with E-state index >= 15 is 4.39 Å². The van der Waals surface area contributed by atoms with Gasteiger partial charge in [-0.2, -0.15) is 0 Å². The summed E-state index contributed by atoms with van der Waals surface area (Å²) in [6.45, 7) is 3.86. The largest absolute Gasteiger partial charge is 0.462 e. The molecule has 6 atom stereocenters. The molecule has 0 aliphatic carbocycles. The molecule has 14 heteroatoms. The predicted molar refractivity (Wildman–Crippen MR) is 125 cm³/mol. The van der Waals surface area contributed by atoms with Crippen molar-refractivity contribution in [2.75, 3.05) is 6.61 Å². The van der Waals surface area contributed by atoms with E-state index in [9.17, 15) is 24.1 Å². The number of nitrogens with one attached hydrogen (secondary N) is 1. The van der Waals surface area contributed by atoms with Crippen molar-refractivity contribution in [3.8, 4) is 5.75 Å². The molecule has 2 N–H and O–H groups in total. The van der Waals surface area contributed by atoms with Crippen LogP contribution < -0.4 is 15.8 Å². The first-order chi connectivity index (χ1) is 16.3. The molecule has 3 rings (SSSR count). The SMILES string of the molecule is CC(C)OC(=O)C(C)P(=O)(OC[C@H]1O[C@@H](n2ccc(=O)[nH]c2=O)[C@@](F)(Br)[C@@H]1O)Oc1ccccc1. The number of halogens is 2. The number of ether oxygens (including phenoxy) is 2. The third-order valence-corrected chi connectivity index (χ3v) is 8.04. The van der Waals surface area contributed by atoms with E-state index in [2.05, 4.69) is 15.9 Å².